The molecule has 0 aromatic carbocycles. The molecule has 0 radical (unpaired) electrons. The number of carbonyl (C=O) groups is 1. The van der Waals surface area contributed by atoms with Gasteiger partial charge in [0.1, 0.15) is 0 Å². The molecule has 3 nitrogen and oxygen atoms in total. The van der Waals surface area contributed by atoms with Crippen LogP contribution in [0.15, 0.2) is 12.2 Å². The van der Waals surface area contributed by atoms with E-state index in [1.54, 1.807) is 6.92 Å². The SMILES string of the molecule is CC(N)C(=O)N1CC2CC=CCC2C1. The van der Waals surface area contributed by atoms with Crippen molar-refractivity contribution in [2.45, 2.75) is 25.8 Å². The van der Waals surface area contributed by atoms with Gasteiger partial charge in [-0.2, -0.15) is 0 Å². The number of nitrogens with two attached hydrogens (primary N) is 1. The Bertz CT molecular complexity index is 244. The van der Waals surface area contributed by atoms with E-state index in [0.29, 0.717) is 11.8 Å². The fourth-order valence-corrected chi connectivity index (χ4v) is 2.48. The van der Waals surface area contributed by atoms with Crippen molar-refractivity contribution >= 4 is 5.91 Å². The number of carbonyl (C=O) groups excluding carboxylic acids is 1. The van der Waals surface area contributed by atoms with E-state index in [2.05, 4.69) is 12.2 Å². The summed E-state index contributed by atoms with van der Waals surface area (Å²) < 4.78 is 0. The highest BCUT2D eigenvalue weighted by molar-refractivity contribution is 5.81. The van der Waals surface area contributed by atoms with Crippen LogP contribution in [0.3, 0.4) is 0 Å². The molecular formula is C11H18N2O. The molecule has 0 bridgehead atoms. The van der Waals surface area contributed by atoms with E-state index in [9.17, 15) is 4.79 Å². The van der Waals surface area contributed by atoms with E-state index >= 15 is 0 Å². The van der Waals surface area contributed by atoms with Crippen molar-refractivity contribution in [3.8, 4) is 0 Å². The molecule has 1 aliphatic heterocycles. The molecule has 1 fully saturated rings. The Hall–Kier alpha value is -0.830. The maximum Gasteiger partial charge on any atom is 0.239 e. The number of amides is 1. The molecule has 0 saturated carbocycles. The van der Waals surface area contributed by atoms with Gasteiger partial charge in [0, 0.05) is 13.1 Å². The summed E-state index contributed by atoms with van der Waals surface area (Å²) in [5.74, 6) is 1.48. The number of nitrogens with zero attached hydrogens (tertiary/aromatic N) is 1. The van der Waals surface area contributed by atoms with Gasteiger partial charge in [0.25, 0.3) is 0 Å². The molecule has 2 aliphatic rings. The first-order valence-corrected chi connectivity index (χ1v) is 5.38. The third-order valence-corrected chi connectivity index (χ3v) is 3.32. The van der Waals surface area contributed by atoms with Crippen LogP contribution in [0.5, 0.6) is 0 Å². The van der Waals surface area contributed by atoms with Gasteiger partial charge in [0.05, 0.1) is 6.04 Å². The van der Waals surface area contributed by atoms with E-state index < -0.39 is 0 Å². The fourth-order valence-electron chi connectivity index (χ4n) is 2.48. The molecule has 0 aromatic rings. The van der Waals surface area contributed by atoms with Crippen molar-refractivity contribution in [1.29, 1.82) is 0 Å². The quantitative estimate of drug-likeness (QED) is 0.626. The minimum atomic E-state index is -0.344. The van der Waals surface area contributed by atoms with Crippen molar-refractivity contribution in [2.24, 2.45) is 17.6 Å². The number of likely N-dealkylation sites (tertiary alicyclic amines) is 1. The third-order valence-electron chi connectivity index (χ3n) is 3.32. The second-order valence-electron chi connectivity index (χ2n) is 4.49. The van der Waals surface area contributed by atoms with E-state index in [-0.39, 0.29) is 11.9 Å². The van der Waals surface area contributed by atoms with Gasteiger partial charge >= 0.3 is 0 Å². The number of rotatable bonds is 1. The molecule has 2 rings (SSSR count). The van der Waals surface area contributed by atoms with Crippen molar-refractivity contribution in [2.75, 3.05) is 13.1 Å². The van der Waals surface area contributed by atoms with E-state index in [0.717, 1.165) is 25.9 Å². The Morgan fingerprint density at radius 2 is 1.86 bits per heavy atom. The predicted octanol–water partition coefficient (Wildman–Crippen LogP) is 0.758. The summed E-state index contributed by atoms with van der Waals surface area (Å²) in [5.41, 5.74) is 5.60. The highest BCUT2D eigenvalue weighted by Gasteiger charge is 2.35. The molecule has 1 amide bonds. The summed E-state index contributed by atoms with van der Waals surface area (Å²) in [6.07, 6.45) is 6.74. The Labute approximate surface area is 84.9 Å². The van der Waals surface area contributed by atoms with Crippen molar-refractivity contribution in [1.82, 2.24) is 4.90 Å². The van der Waals surface area contributed by atoms with Crippen LogP contribution in [-0.2, 0) is 4.79 Å². The zero-order valence-electron chi connectivity index (χ0n) is 8.65. The first-order valence-electron chi connectivity index (χ1n) is 5.38. The normalized spacial score (nSPS) is 32.9. The molecule has 0 aromatic heterocycles. The number of allylic oxidation sites excluding steroid dienone is 2. The molecule has 3 unspecified atom stereocenters. The van der Waals surface area contributed by atoms with Gasteiger partial charge in [-0.25, -0.2) is 0 Å². The van der Waals surface area contributed by atoms with Crippen molar-refractivity contribution in [3.05, 3.63) is 12.2 Å². The van der Waals surface area contributed by atoms with Crippen LogP contribution in [0.2, 0.25) is 0 Å². The largest absolute Gasteiger partial charge is 0.341 e. The zero-order chi connectivity index (χ0) is 10.1. The average Bonchev–Trinajstić information content (AvgIpc) is 2.59. The molecule has 3 atom stereocenters. The van der Waals surface area contributed by atoms with E-state index in [1.807, 2.05) is 4.90 Å². The van der Waals surface area contributed by atoms with Crippen molar-refractivity contribution in [3.63, 3.8) is 0 Å². The van der Waals surface area contributed by atoms with Crippen LogP contribution < -0.4 is 5.73 Å². The Kier molecular flexibility index (Phi) is 2.59. The maximum atomic E-state index is 11.7. The lowest BCUT2D eigenvalue weighted by atomic mass is 9.86. The minimum absolute atomic E-state index is 0.111. The van der Waals surface area contributed by atoms with Crippen LogP contribution in [0, 0.1) is 11.8 Å². The molecule has 1 aliphatic carbocycles. The minimum Gasteiger partial charge on any atom is -0.341 e. The second kappa shape index (κ2) is 3.73. The van der Waals surface area contributed by atoms with Crippen LogP contribution in [0.1, 0.15) is 19.8 Å². The number of hydrogen-bond donors (Lipinski definition) is 1. The number of fused-ring (bicyclic) bond motifs is 1. The summed E-state index contributed by atoms with van der Waals surface area (Å²) in [6.45, 7) is 3.59. The van der Waals surface area contributed by atoms with Gasteiger partial charge in [-0.15, -0.1) is 0 Å². The summed E-state index contributed by atoms with van der Waals surface area (Å²) in [6, 6.07) is -0.344. The Morgan fingerprint density at radius 1 is 1.36 bits per heavy atom. The van der Waals surface area contributed by atoms with Gasteiger partial charge in [0.15, 0.2) is 0 Å². The molecular weight excluding hydrogens is 176 g/mol. The topological polar surface area (TPSA) is 46.3 Å². The monoisotopic (exact) mass is 194 g/mol. The summed E-state index contributed by atoms with van der Waals surface area (Å²) in [4.78, 5) is 13.6. The Morgan fingerprint density at radius 3 is 2.29 bits per heavy atom. The zero-order valence-corrected chi connectivity index (χ0v) is 8.65. The van der Waals surface area contributed by atoms with Gasteiger partial charge in [-0.05, 0) is 31.6 Å². The number of hydrogen-bond acceptors (Lipinski definition) is 2. The van der Waals surface area contributed by atoms with Gasteiger partial charge < -0.3 is 10.6 Å². The van der Waals surface area contributed by atoms with Crippen LogP contribution in [0.4, 0.5) is 0 Å². The highest BCUT2D eigenvalue weighted by atomic mass is 16.2. The molecule has 14 heavy (non-hydrogen) atoms. The third kappa shape index (κ3) is 1.69. The van der Waals surface area contributed by atoms with Crippen LogP contribution >= 0.6 is 0 Å². The first kappa shape index (κ1) is 9.71. The molecule has 3 heteroatoms. The van der Waals surface area contributed by atoms with E-state index in [4.69, 9.17) is 5.73 Å². The maximum absolute atomic E-state index is 11.7. The predicted molar refractivity (Wildman–Crippen MR) is 55.6 cm³/mol. The summed E-state index contributed by atoms with van der Waals surface area (Å²) >= 11 is 0. The highest BCUT2D eigenvalue weighted by Crippen LogP contribution is 2.32. The van der Waals surface area contributed by atoms with E-state index in [1.165, 1.54) is 0 Å². The average molecular weight is 194 g/mol. The van der Waals surface area contributed by atoms with Crippen LogP contribution in [-0.4, -0.2) is 29.9 Å². The molecule has 1 heterocycles. The smallest absolute Gasteiger partial charge is 0.239 e. The summed E-state index contributed by atoms with van der Waals surface area (Å²) in [7, 11) is 0. The van der Waals surface area contributed by atoms with Crippen LogP contribution in [0.25, 0.3) is 0 Å². The Balaban J connectivity index is 1.98. The lowest BCUT2D eigenvalue weighted by Gasteiger charge is -2.18. The fraction of sp³-hybridized carbons (Fsp3) is 0.727. The molecule has 78 valence electrons. The van der Waals surface area contributed by atoms with Gasteiger partial charge in [-0.3, -0.25) is 4.79 Å². The van der Waals surface area contributed by atoms with Crippen molar-refractivity contribution < 1.29 is 4.79 Å². The molecule has 0 spiro atoms. The second-order valence-corrected chi connectivity index (χ2v) is 4.49. The lowest BCUT2D eigenvalue weighted by Crippen LogP contribution is -2.40. The molecule has 2 N–H and O–H groups in total. The first-order chi connectivity index (χ1) is 6.68. The molecule has 1 saturated heterocycles. The van der Waals surface area contributed by atoms with Gasteiger partial charge in [0.2, 0.25) is 5.91 Å². The summed E-state index contributed by atoms with van der Waals surface area (Å²) in [5, 5.41) is 0. The van der Waals surface area contributed by atoms with Gasteiger partial charge in [-0.1, -0.05) is 12.2 Å². The lowest BCUT2D eigenvalue weighted by molar-refractivity contribution is -0.131. The standard InChI is InChI=1S/C11H18N2O/c1-8(12)11(14)13-6-9-4-2-3-5-10(9)7-13/h2-3,8-10H,4-7,12H2,1H3.